The first kappa shape index (κ1) is 9.61. The molecular formula is C6H8O5. The van der Waals surface area contributed by atoms with Crippen LogP contribution in [-0.4, -0.2) is 18.7 Å². The van der Waals surface area contributed by atoms with Crippen LogP contribution in [0.5, 0.6) is 0 Å². The van der Waals surface area contributed by atoms with Gasteiger partial charge in [-0.3, -0.25) is 9.68 Å². The molecule has 0 saturated heterocycles. The fraction of sp³-hybridized carbons (Fsp3) is 0.500. The summed E-state index contributed by atoms with van der Waals surface area (Å²) in [7, 11) is 0. The molecule has 0 saturated carbocycles. The maximum atomic E-state index is 10.5. The van der Waals surface area contributed by atoms with Crippen LogP contribution in [-0.2, 0) is 24.2 Å². The SMILES string of the molecule is O=CCCCC(=O)OOC=O. The zero-order chi connectivity index (χ0) is 8.53. The molecule has 0 aromatic carbocycles. The van der Waals surface area contributed by atoms with Gasteiger partial charge in [0.1, 0.15) is 6.29 Å². The van der Waals surface area contributed by atoms with Gasteiger partial charge in [-0.05, 0) is 6.42 Å². The molecule has 0 fully saturated rings. The summed E-state index contributed by atoms with van der Waals surface area (Å²) < 4.78 is 0. The van der Waals surface area contributed by atoms with Crippen LogP contribution in [0, 0.1) is 0 Å². The first-order valence-corrected chi connectivity index (χ1v) is 3.04. The quantitative estimate of drug-likeness (QED) is 0.236. The van der Waals surface area contributed by atoms with E-state index in [4.69, 9.17) is 0 Å². The van der Waals surface area contributed by atoms with Gasteiger partial charge >= 0.3 is 12.4 Å². The van der Waals surface area contributed by atoms with Gasteiger partial charge in [-0.15, -0.1) is 0 Å². The lowest BCUT2D eigenvalue weighted by Gasteiger charge is -1.95. The lowest BCUT2D eigenvalue weighted by atomic mass is 10.2. The smallest absolute Gasteiger partial charge is 0.303 e. The van der Waals surface area contributed by atoms with Gasteiger partial charge in [-0.25, -0.2) is 9.68 Å². The van der Waals surface area contributed by atoms with E-state index in [9.17, 15) is 14.4 Å². The van der Waals surface area contributed by atoms with E-state index < -0.39 is 5.97 Å². The fourth-order valence-corrected chi connectivity index (χ4v) is 0.445. The van der Waals surface area contributed by atoms with E-state index in [-0.39, 0.29) is 12.9 Å². The maximum Gasteiger partial charge on any atom is 0.355 e. The average molecular weight is 160 g/mol. The van der Waals surface area contributed by atoms with Gasteiger partial charge < -0.3 is 4.79 Å². The monoisotopic (exact) mass is 160 g/mol. The number of rotatable bonds is 6. The van der Waals surface area contributed by atoms with Gasteiger partial charge in [0.05, 0.1) is 6.42 Å². The Labute approximate surface area is 63.2 Å². The molecule has 0 aromatic rings. The van der Waals surface area contributed by atoms with Crippen molar-refractivity contribution in [2.24, 2.45) is 0 Å². The highest BCUT2D eigenvalue weighted by Gasteiger charge is 2.02. The Hall–Kier alpha value is -1.39. The Morgan fingerprint density at radius 1 is 1.36 bits per heavy atom. The average Bonchev–Trinajstić information content (AvgIpc) is 2.01. The summed E-state index contributed by atoms with van der Waals surface area (Å²) in [6.07, 6.45) is 1.49. The lowest BCUT2D eigenvalue weighted by Crippen LogP contribution is -2.04. The van der Waals surface area contributed by atoms with Crippen LogP contribution < -0.4 is 0 Å². The number of carbonyl (C=O) groups excluding carboxylic acids is 3. The molecule has 0 N–H and O–H groups in total. The van der Waals surface area contributed by atoms with Crippen molar-refractivity contribution in [3.05, 3.63) is 0 Å². The topological polar surface area (TPSA) is 69.7 Å². The van der Waals surface area contributed by atoms with Crippen LogP contribution in [0.2, 0.25) is 0 Å². The Morgan fingerprint density at radius 2 is 2.09 bits per heavy atom. The Bertz CT molecular complexity index is 142. The van der Waals surface area contributed by atoms with Crippen LogP contribution in [0.3, 0.4) is 0 Å². The minimum Gasteiger partial charge on any atom is -0.303 e. The third kappa shape index (κ3) is 6.50. The summed E-state index contributed by atoms with van der Waals surface area (Å²) in [4.78, 5) is 37.3. The van der Waals surface area contributed by atoms with E-state index in [1.54, 1.807) is 0 Å². The molecular weight excluding hydrogens is 152 g/mol. The Balaban J connectivity index is 3.21. The van der Waals surface area contributed by atoms with Crippen LogP contribution in [0.15, 0.2) is 0 Å². The molecule has 5 nitrogen and oxygen atoms in total. The van der Waals surface area contributed by atoms with Crippen LogP contribution in [0.4, 0.5) is 0 Å². The second-order valence-electron chi connectivity index (χ2n) is 1.71. The molecule has 0 aliphatic heterocycles. The largest absolute Gasteiger partial charge is 0.355 e. The van der Waals surface area contributed by atoms with E-state index in [1.807, 2.05) is 0 Å². The van der Waals surface area contributed by atoms with E-state index >= 15 is 0 Å². The molecule has 0 atom stereocenters. The van der Waals surface area contributed by atoms with E-state index in [1.165, 1.54) is 0 Å². The zero-order valence-electron chi connectivity index (χ0n) is 5.82. The number of aldehydes is 1. The van der Waals surface area contributed by atoms with Gasteiger partial charge in [0.15, 0.2) is 0 Å². The second-order valence-corrected chi connectivity index (χ2v) is 1.71. The molecule has 5 heteroatoms. The van der Waals surface area contributed by atoms with E-state index in [0.29, 0.717) is 19.1 Å². The Morgan fingerprint density at radius 3 is 2.64 bits per heavy atom. The molecule has 0 radical (unpaired) electrons. The van der Waals surface area contributed by atoms with Crippen molar-refractivity contribution in [2.45, 2.75) is 19.3 Å². The zero-order valence-corrected chi connectivity index (χ0v) is 5.82. The molecule has 0 aliphatic carbocycles. The number of hydrogen-bond donors (Lipinski definition) is 0. The summed E-state index contributed by atoms with van der Waals surface area (Å²) in [5, 5.41) is 0. The van der Waals surface area contributed by atoms with Crippen molar-refractivity contribution in [1.82, 2.24) is 0 Å². The number of hydrogen-bond acceptors (Lipinski definition) is 5. The highest BCUT2D eigenvalue weighted by atomic mass is 17.2. The molecule has 0 rings (SSSR count). The third-order valence-corrected chi connectivity index (χ3v) is 0.883. The van der Waals surface area contributed by atoms with Gasteiger partial charge in [0.2, 0.25) is 0 Å². The summed E-state index contributed by atoms with van der Waals surface area (Å²) in [5.74, 6) is -0.654. The van der Waals surface area contributed by atoms with Crippen molar-refractivity contribution in [1.29, 1.82) is 0 Å². The van der Waals surface area contributed by atoms with Crippen molar-refractivity contribution in [3.63, 3.8) is 0 Å². The molecule has 0 spiro atoms. The van der Waals surface area contributed by atoms with Crippen LogP contribution >= 0.6 is 0 Å². The maximum absolute atomic E-state index is 10.5. The van der Waals surface area contributed by atoms with Gasteiger partial charge in [-0.2, -0.15) is 0 Å². The van der Waals surface area contributed by atoms with Crippen LogP contribution in [0.1, 0.15) is 19.3 Å². The Kier molecular flexibility index (Phi) is 5.88. The van der Waals surface area contributed by atoms with E-state index in [2.05, 4.69) is 9.78 Å². The molecule has 11 heavy (non-hydrogen) atoms. The number of unbranched alkanes of at least 4 members (excludes halogenated alkanes) is 1. The van der Waals surface area contributed by atoms with Crippen molar-refractivity contribution >= 4 is 18.7 Å². The summed E-state index contributed by atoms with van der Waals surface area (Å²) in [6, 6.07) is 0. The predicted octanol–water partition coefficient (Wildman–Crippen LogP) is -0.0132. The standard InChI is InChI=1S/C6H8O5/c7-4-2-1-3-6(9)11-10-5-8/h4-5H,1-3H2. The molecule has 0 unspecified atom stereocenters. The van der Waals surface area contributed by atoms with Crippen molar-refractivity contribution in [2.75, 3.05) is 0 Å². The lowest BCUT2D eigenvalue weighted by molar-refractivity contribution is -0.248. The highest BCUT2D eigenvalue weighted by Crippen LogP contribution is 1.94. The minimum atomic E-state index is -0.654. The van der Waals surface area contributed by atoms with E-state index in [0.717, 1.165) is 0 Å². The first-order valence-electron chi connectivity index (χ1n) is 3.04. The predicted molar refractivity (Wildman–Crippen MR) is 33.2 cm³/mol. The summed E-state index contributed by atoms with van der Waals surface area (Å²) in [5.41, 5.74) is 0. The first-order chi connectivity index (χ1) is 5.31. The normalized spacial score (nSPS) is 8.36. The molecule has 0 amide bonds. The second kappa shape index (κ2) is 6.73. The fourth-order valence-electron chi connectivity index (χ4n) is 0.445. The van der Waals surface area contributed by atoms with Crippen molar-refractivity contribution < 1.29 is 24.2 Å². The summed E-state index contributed by atoms with van der Waals surface area (Å²) in [6.45, 7) is 0.0115. The van der Waals surface area contributed by atoms with Gasteiger partial charge in [0, 0.05) is 6.42 Å². The molecule has 62 valence electrons. The third-order valence-electron chi connectivity index (χ3n) is 0.883. The van der Waals surface area contributed by atoms with Crippen molar-refractivity contribution in [3.8, 4) is 0 Å². The molecule has 0 aromatic heterocycles. The molecule has 0 bridgehead atoms. The minimum absolute atomic E-state index is 0.0115. The molecule has 0 aliphatic rings. The van der Waals surface area contributed by atoms with Crippen LogP contribution in [0.25, 0.3) is 0 Å². The molecule has 0 heterocycles. The van der Waals surface area contributed by atoms with Gasteiger partial charge in [-0.1, -0.05) is 0 Å². The van der Waals surface area contributed by atoms with Gasteiger partial charge in [0.25, 0.3) is 0 Å². The number of carbonyl (C=O) groups is 3. The summed E-state index contributed by atoms with van der Waals surface area (Å²) >= 11 is 0. The highest BCUT2D eigenvalue weighted by molar-refractivity contribution is 5.69.